The van der Waals surface area contributed by atoms with Crippen LogP contribution in [-0.4, -0.2) is 12.7 Å². The van der Waals surface area contributed by atoms with E-state index in [1.807, 2.05) is 0 Å². The zero-order chi connectivity index (χ0) is 11.3. The number of alkyl halides is 1. The highest BCUT2D eigenvalue weighted by molar-refractivity contribution is 9.09. The van der Waals surface area contributed by atoms with Crippen LogP contribution in [-0.2, 0) is 0 Å². The zero-order valence-corrected chi connectivity index (χ0v) is 11.9. The SMILES string of the molecule is [B]C12C3CC3C(C)C1C1C3C(CC34CC4Br)C12. The van der Waals surface area contributed by atoms with Gasteiger partial charge in [0.2, 0.25) is 0 Å². The van der Waals surface area contributed by atoms with Crippen LogP contribution in [0.3, 0.4) is 0 Å². The molecule has 2 radical (unpaired) electrons. The molecule has 0 aliphatic heterocycles. The third kappa shape index (κ3) is 0.665. The maximum Gasteiger partial charge on any atom is 0.0758 e. The average Bonchev–Trinajstić information content (AvgIpc) is 3.09. The van der Waals surface area contributed by atoms with Crippen LogP contribution in [0.25, 0.3) is 0 Å². The second-order valence-electron chi connectivity index (χ2n) is 8.29. The monoisotopic (exact) mass is 288 g/mol. The fourth-order valence-electron chi connectivity index (χ4n) is 7.71. The Kier molecular flexibility index (Phi) is 1.23. The molecule has 6 aliphatic carbocycles. The number of halogens is 1. The van der Waals surface area contributed by atoms with Gasteiger partial charge in [-0.2, -0.15) is 0 Å². The van der Waals surface area contributed by atoms with Crippen LogP contribution in [0.4, 0.5) is 0 Å². The molecule has 0 aromatic carbocycles. The van der Waals surface area contributed by atoms with Gasteiger partial charge < -0.3 is 0 Å². The van der Waals surface area contributed by atoms with Gasteiger partial charge in [-0.05, 0) is 72.0 Å². The molecule has 0 saturated heterocycles. The first-order valence-corrected chi connectivity index (χ1v) is 8.45. The quantitative estimate of drug-likeness (QED) is 0.474. The Hall–Kier alpha value is 0.545. The van der Waals surface area contributed by atoms with Gasteiger partial charge in [-0.3, -0.25) is 0 Å². The molecule has 6 saturated carbocycles. The molecule has 11 atom stereocenters. The minimum Gasteiger partial charge on any atom is -0.0884 e. The van der Waals surface area contributed by atoms with E-state index in [4.69, 9.17) is 7.85 Å². The van der Waals surface area contributed by atoms with Crippen LogP contribution >= 0.6 is 15.9 Å². The Bertz CT molecular complexity index is 464. The molecule has 6 aliphatic rings. The van der Waals surface area contributed by atoms with Crippen LogP contribution in [0.15, 0.2) is 0 Å². The van der Waals surface area contributed by atoms with E-state index in [-0.39, 0.29) is 0 Å². The molecule has 11 unspecified atom stereocenters. The molecule has 0 heterocycles. The van der Waals surface area contributed by atoms with Crippen molar-refractivity contribution in [1.82, 2.24) is 0 Å². The van der Waals surface area contributed by atoms with Gasteiger partial charge in [0.15, 0.2) is 0 Å². The molecule has 0 amide bonds. The molecule has 0 N–H and O–H groups in total. The van der Waals surface area contributed by atoms with Gasteiger partial charge in [-0.1, -0.05) is 28.2 Å². The molecule has 88 valence electrons. The third-order valence-electron chi connectivity index (χ3n) is 8.35. The lowest BCUT2D eigenvalue weighted by atomic mass is 9.20. The first-order valence-electron chi connectivity index (χ1n) is 7.53. The average molecular weight is 289 g/mol. The first-order chi connectivity index (χ1) is 8.10. The van der Waals surface area contributed by atoms with Crippen molar-refractivity contribution in [3.05, 3.63) is 0 Å². The summed E-state index contributed by atoms with van der Waals surface area (Å²) in [5, 5.41) is 0.328. The highest BCUT2D eigenvalue weighted by Gasteiger charge is 2.88. The summed E-state index contributed by atoms with van der Waals surface area (Å²) in [6, 6.07) is 0. The standard InChI is InChI=1S/C15H18BBr/c1-5-6-2-8(6)15(16)11(5)10-12-7(13(10)15)3-14(12)4-9(14)17/h5-13H,2-4H2,1H3. The summed E-state index contributed by atoms with van der Waals surface area (Å²) in [5.41, 5.74) is 0.777. The third-order valence-corrected chi connectivity index (χ3v) is 9.58. The van der Waals surface area contributed by atoms with Crippen molar-refractivity contribution in [2.75, 3.05) is 0 Å². The van der Waals surface area contributed by atoms with E-state index in [0.717, 1.165) is 57.6 Å². The van der Waals surface area contributed by atoms with Crippen molar-refractivity contribution >= 4 is 23.8 Å². The lowest BCUT2D eigenvalue weighted by Gasteiger charge is -2.81. The molecular weight excluding hydrogens is 271 g/mol. The van der Waals surface area contributed by atoms with Gasteiger partial charge >= 0.3 is 0 Å². The molecule has 0 aromatic heterocycles. The predicted molar refractivity (Wildman–Crippen MR) is 71.0 cm³/mol. The van der Waals surface area contributed by atoms with E-state index in [9.17, 15) is 0 Å². The van der Waals surface area contributed by atoms with Gasteiger partial charge in [0.05, 0.1) is 7.85 Å². The van der Waals surface area contributed by atoms with Crippen LogP contribution in [0.1, 0.15) is 26.2 Å². The number of rotatable bonds is 0. The normalized spacial score (nSPS) is 84.5. The molecule has 0 bridgehead atoms. The van der Waals surface area contributed by atoms with Crippen molar-refractivity contribution in [3.8, 4) is 0 Å². The maximum absolute atomic E-state index is 6.89. The van der Waals surface area contributed by atoms with Crippen LogP contribution < -0.4 is 0 Å². The summed E-state index contributed by atoms with van der Waals surface area (Å²) < 4.78 is 0. The zero-order valence-electron chi connectivity index (χ0n) is 10.3. The molecule has 17 heavy (non-hydrogen) atoms. The molecule has 0 aromatic rings. The van der Waals surface area contributed by atoms with Crippen molar-refractivity contribution in [1.29, 1.82) is 0 Å². The van der Waals surface area contributed by atoms with Gasteiger partial charge in [0.1, 0.15) is 0 Å². The van der Waals surface area contributed by atoms with Gasteiger partial charge in [0.25, 0.3) is 0 Å². The van der Waals surface area contributed by atoms with E-state index in [2.05, 4.69) is 22.9 Å². The minimum atomic E-state index is 0.328. The lowest BCUT2D eigenvalue weighted by molar-refractivity contribution is -0.283. The minimum absolute atomic E-state index is 0.328. The summed E-state index contributed by atoms with van der Waals surface area (Å²) in [5.74, 6) is 8.03. The second-order valence-corrected chi connectivity index (χ2v) is 9.40. The predicted octanol–water partition coefficient (Wildman–Crippen LogP) is 3.26. The Morgan fingerprint density at radius 1 is 1.12 bits per heavy atom. The Morgan fingerprint density at radius 2 is 1.88 bits per heavy atom. The summed E-state index contributed by atoms with van der Waals surface area (Å²) in [7, 11) is 6.89. The maximum atomic E-state index is 6.89. The van der Waals surface area contributed by atoms with E-state index in [1.54, 1.807) is 0 Å². The number of hydrogen-bond acceptors (Lipinski definition) is 0. The fraction of sp³-hybridized carbons (Fsp3) is 1.00. The van der Waals surface area contributed by atoms with Crippen molar-refractivity contribution in [2.24, 2.45) is 52.8 Å². The molecule has 6 rings (SSSR count). The fourth-order valence-corrected chi connectivity index (χ4v) is 8.80. The Morgan fingerprint density at radius 3 is 2.59 bits per heavy atom. The highest BCUT2D eigenvalue weighted by Crippen LogP contribution is 2.95. The summed E-state index contributed by atoms with van der Waals surface area (Å²) in [6.45, 7) is 2.51. The second kappa shape index (κ2) is 2.21. The summed E-state index contributed by atoms with van der Waals surface area (Å²) in [6.07, 6.45) is 4.47. The largest absolute Gasteiger partial charge is 0.0884 e. The number of fused-ring (bicyclic) bond motifs is 10. The first kappa shape index (κ1) is 9.45. The lowest BCUT2D eigenvalue weighted by Crippen LogP contribution is -2.75. The van der Waals surface area contributed by atoms with E-state index >= 15 is 0 Å². The van der Waals surface area contributed by atoms with E-state index < -0.39 is 0 Å². The van der Waals surface area contributed by atoms with Crippen molar-refractivity contribution in [2.45, 2.75) is 36.3 Å². The Balaban J connectivity index is 1.41. The molecule has 6 fully saturated rings. The Labute approximate surface area is 113 Å². The van der Waals surface area contributed by atoms with Crippen molar-refractivity contribution < 1.29 is 0 Å². The highest BCUT2D eigenvalue weighted by atomic mass is 79.9. The van der Waals surface area contributed by atoms with E-state index in [0.29, 0.717) is 5.31 Å². The molecular formula is C15H18BBr. The van der Waals surface area contributed by atoms with Crippen LogP contribution in [0, 0.1) is 52.8 Å². The van der Waals surface area contributed by atoms with Crippen molar-refractivity contribution in [3.63, 3.8) is 0 Å². The van der Waals surface area contributed by atoms with Crippen LogP contribution in [0.2, 0.25) is 5.31 Å². The topological polar surface area (TPSA) is 0 Å². The molecule has 0 nitrogen and oxygen atoms in total. The van der Waals surface area contributed by atoms with Gasteiger partial charge in [-0.25, -0.2) is 0 Å². The molecule has 1 spiro atoms. The number of hydrogen-bond donors (Lipinski definition) is 0. The van der Waals surface area contributed by atoms with Gasteiger partial charge in [-0.15, -0.1) is 0 Å². The van der Waals surface area contributed by atoms with E-state index in [1.165, 1.54) is 19.3 Å². The van der Waals surface area contributed by atoms with Gasteiger partial charge in [0, 0.05) is 4.83 Å². The smallest absolute Gasteiger partial charge is 0.0758 e. The van der Waals surface area contributed by atoms with Crippen LogP contribution in [0.5, 0.6) is 0 Å². The summed E-state index contributed by atoms with van der Waals surface area (Å²) >= 11 is 3.88. The summed E-state index contributed by atoms with van der Waals surface area (Å²) in [4.78, 5) is 0.871. The molecule has 2 heteroatoms.